The Morgan fingerprint density at radius 1 is 1.45 bits per heavy atom. The van der Waals surface area contributed by atoms with Gasteiger partial charge in [-0.15, -0.1) is 12.4 Å². The third-order valence-corrected chi connectivity index (χ3v) is 1.63. The lowest BCUT2D eigenvalue weighted by Gasteiger charge is -1.96. The Morgan fingerprint density at radius 2 is 2.00 bits per heavy atom. The summed E-state index contributed by atoms with van der Waals surface area (Å²) in [6.07, 6.45) is 0. The first-order chi connectivity index (χ1) is 4.61. The van der Waals surface area contributed by atoms with Crippen LogP contribution in [0.1, 0.15) is 30.0 Å². The summed E-state index contributed by atoms with van der Waals surface area (Å²) in [6.45, 7) is 5.88. The summed E-state index contributed by atoms with van der Waals surface area (Å²) >= 11 is 0. The van der Waals surface area contributed by atoms with Crippen LogP contribution in [-0.4, -0.2) is 0 Å². The molecule has 0 saturated heterocycles. The molecule has 2 N–H and O–H groups in total. The van der Waals surface area contributed by atoms with Crippen molar-refractivity contribution in [3.8, 4) is 0 Å². The van der Waals surface area contributed by atoms with Crippen molar-refractivity contribution in [3.05, 3.63) is 23.2 Å². The van der Waals surface area contributed by atoms with Gasteiger partial charge in [0.2, 0.25) is 0 Å². The minimum absolute atomic E-state index is 0. The quantitative estimate of drug-likeness (QED) is 0.712. The summed E-state index contributed by atoms with van der Waals surface area (Å²) in [6, 6.07) is 1.99. The van der Waals surface area contributed by atoms with Crippen LogP contribution in [0, 0.1) is 13.8 Å². The second-order valence-electron chi connectivity index (χ2n) is 2.68. The number of halogens is 1. The van der Waals surface area contributed by atoms with Gasteiger partial charge in [-0.05, 0) is 32.4 Å². The molecule has 0 saturated carbocycles. The van der Waals surface area contributed by atoms with Crippen LogP contribution in [0.2, 0.25) is 0 Å². The molecular weight excluding hydrogens is 162 g/mol. The van der Waals surface area contributed by atoms with Gasteiger partial charge in [0.1, 0.15) is 11.5 Å². The molecule has 64 valence electrons. The molecule has 1 aromatic rings. The molecule has 0 spiro atoms. The number of rotatable bonds is 1. The number of hydrogen-bond donors (Lipinski definition) is 1. The molecule has 0 aliphatic heterocycles. The van der Waals surface area contributed by atoms with Gasteiger partial charge < -0.3 is 10.2 Å². The lowest BCUT2D eigenvalue weighted by molar-refractivity contribution is 0.456. The van der Waals surface area contributed by atoms with E-state index in [0.29, 0.717) is 0 Å². The van der Waals surface area contributed by atoms with Gasteiger partial charge in [-0.2, -0.15) is 0 Å². The molecule has 0 aromatic carbocycles. The highest BCUT2D eigenvalue weighted by Gasteiger charge is 2.05. The highest BCUT2D eigenvalue weighted by atomic mass is 35.5. The molecule has 0 amide bonds. The van der Waals surface area contributed by atoms with E-state index in [-0.39, 0.29) is 18.4 Å². The van der Waals surface area contributed by atoms with Gasteiger partial charge in [0.15, 0.2) is 0 Å². The smallest absolute Gasteiger partial charge is 0.120 e. The standard InChI is InChI=1S/C8H13NO.ClH/c1-5-4-8(6(2)9)10-7(5)3;/h4,6H,9H2,1-3H3;1H/t6-;/m1./s1. The fourth-order valence-electron chi connectivity index (χ4n) is 0.826. The average molecular weight is 176 g/mol. The van der Waals surface area contributed by atoms with Crippen molar-refractivity contribution in [2.45, 2.75) is 26.8 Å². The summed E-state index contributed by atoms with van der Waals surface area (Å²) in [5.41, 5.74) is 6.78. The normalized spacial score (nSPS) is 12.4. The zero-order chi connectivity index (χ0) is 7.72. The van der Waals surface area contributed by atoms with Gasteiger partial charge >= 0.3 is 0 Å². The summed E-state index contributed by atoms with van der Waals surface area (Å²) in [4.78, 5) is 0. The predicted octanol–water partition coefficient (Wildman–Crippen LogP) is 2.34. The SMILES string of the molecule is Cc1cc([C@@H](C)N)oc1C.Cl. The molecule has 2 nitrogen and oxygen atoms in total. The maximum atomic E-state index is 5.60. The molecule has 1 atom stereocenters. The molecule has 11 heavy (non-hydrogen) atoms. The van der Waals surface area contributed by atoms with E-state index in [4.69, 9.17) is 10.2 Å². The van der Waals surface area contributed by atoms with Gasteiger partial charge in [0, 0.05) is 0 Å². The van der Waals surface area contributed by atoms with Crippen molar-refractivity contribution in [2.75, 3.05) is 0 Å². The van der Waals surface area contributed by atoms with Crippen molar-refractivity contribution < 1.29 is 4.42 Å². The predicted molar refractivity (Wildman–Crippen MR) is 48.0 cm³/mol. The van der Waals surface area contributed by atoms with Crippen LogP contribution < -0.4 is 5.73 Å². The van der Waals surface area contributed by atoms with Crippen molar-refractivity contribution in [3.63, 3.8) is 0 Å². The Kier molecular flexibility index (Phi) is 3.63. The zero-order valence-corrected chi connectivity index (χ0v) is 7.87. The molecule has 0 aliphatic rings. The van der Waals surface area contributed by atoms with Crippen molar-refractivity contribution >= 4 is 12.4 Å². The average Bonchev–Trinajstić information content (AvgIpc) is 2.13. The van der Waals surface area contributed by atoms with Crippen LogP contribution in [-0.2, 0) is 0 Å². The Morgan fingerprint density at radius 3 is 2.18 bits per heavy atom. The first-order valence-corrected chi connectivity index (χ1v) is 3.43. The summed E-state index contributed by atoms with van der Waals surface area (Å²) in [5, 5.41) is 0. The minimum Gasteiger partial charge on any atom is -0.464 e. The van der Waals surface area contributed by atoms with Crippen molar-refractivity contribution in [1.29, 1.82) is 0 Å². The van der Waals surface area contributed by atoms with Gasteiger partial charge in [-0.3, -0.25) is 0 Å². The fourth-order valence-corrected chi connectivity index (χ4v) is 0.826. The first-order valence-electron chi connectivity index (χ1n) is 3.43. The molecule has 1 aromatic heterocycles. The van der Waals surface area contributed by atoms with E-state index in [2.05, 4.69) is 0 Å². The van der Waals surface area contributed by atoms with Crippen LogP contribution in [0.5, 0.6) is 0 Å². The summed E-state index contributed by atoms with van der Waals surface area (Å²) in [7, 11) is 0. The minimum atomic E-state index is 0. The van der Waals surface area contributed by atoms with Gasteiger partial charge in [0.25, 0.3) is 0 Å². The van der Waals surface area contributed by atoms with Crippen LogP contribution in [0.15, 0.2) is 10.5 Å². The van der Waals surface area contributed by atoms with Crippen molar-refractivity contribution in [1.82, 2.24) is 0 Å². The molecular formula is C8H14ClNO. The first kappa shape index (κ1) is 10.5. The molecule has 3 heteroatoms. The highest BCUT2D eigenvalue weighted by molar-refractivity contribution is 5.85. The summed E-state index contributed by atoms with van der Waals surface area (Å²) in [5.74, 6) is 1.84. The van der Waals surface area contributed by atoms with Crippen molar-refractivity contribution in [2.24, 2.45) is 5.73 Å². The second kappa shape index (κ2) is 3.79. The molecule has 0 fully saturated rings. The van der Waals surface area contributed by atoms with E-state index in [0.717, 1.165) is 11.5 Å². The Hall–Kier alpha value is -0.470. The summed E-state index contributed by atoms with van der Waals surface area (Å²) < 4.78 is 5.35. The molecule has 1 rings (SSSR count). The third kappa shape index (κ3) is 2.24. The molecule has 0 radical (unpaired) electrons. The topological polar surface area (TPSA) is 39.2 Å². The van der Waals surface area contributed by atoms with Gasteiger partial charge in [-0.25, -0.2) is 0 Å². The van der Waals surface area contributed by atoms with E-state index in [1.54, 1.807) is 0 Å². The maximum Gasteiger partial charge on any atom is 0.120 e. The number of aryl methyl sites for hydroxylation is 2. The number of furan rings is 1. The molecule has 0 bridgehead atoms. The van der Waals surface area contributed by atoms with Crippen LogP contribution in [0.4, 0.5) is 0 Å². The van der Waals surface area contributed by atoms with E-state index >= 15 is 0 Å². The highest BCUT2D eigenvalue weighted by Crippen LogP contribution is 2.17. The lowest BCUT2D eigenvalue weighted by Crippen LogP contribution is -2.02. The van der Waals surface area contributed by atoms with E-state index in [1.807, 2.05) is 26.8 Å². The number of nitrogens with two attached hydrogens (primary N) is 1. The van der Waals surface area contributed by atoms with E-state index in [9.17, 15) is 0 Å². The van der Waals surface area contributed by atoms with Crippen LogP contribution >= 0.6 is 12.4 Å². The zero-order valence-electron chi connectivity index (χ0n) is 7.05. The molecule has 0 aliphatic carbocycles. The van der Waals surface area contributed by atoms with Gasteiger partial charge in [-0.1, -0.05) is 0 Å². The van der Waals surface area contributed by atoms with Gasteiger partial charge in [0.05, 0.1) is 6.04 Å². The number of hydrogen-bond acceptors (Lipinski definition) is 2. The Labute approximate surface area is 73.2 Å². The Bertz CT molecular complexity index is 210. The monoisotopic (exact) mass is 175 g/mol. The lowest BCUT2D eigenvalue weighted by atomic mass is 10.2. The Balaban J connectivity index is 0.000001000. The largest absolute Gasteiger partial charge is 0.464 e. The third-order valence-electron chi connectivity index (χ3n) is 1.63. The maximum absolute atomic E-state index is 5.60. The van der Waals surface area contributed by atoms with Crippen LogP contribution in [0.3, 0.4) is 0 Å². The second-order valence-corrected chi connectivity index (χ2v) is 2.68. The molecule has 1 heterocycles. The van der Waals surface area contributed by atoms with Crippen LogP contribution in [0.25, 0.3) is 0 Å². The van der Waals surface area contributed by atoms with E-state index < -0.39 is 0 Å². The fraction of sp³-hybridized carbons (Fsp3) is 0.500. The van der Waals surface area contributed by atoms with E-state index in [1.165, 1.54) is 5.56 Å². The molecule has 0 unspecified atom stereocenters.